The van der Waals surface area contributed by atoms with Gasteiger partial charge in [-0.05, 0) is 52.7 Å². The van der Waals surface area contributed by atoms with Crippen LogP contribution in [0.4, 0.5) is 5.82 Å². The third-order valence-corrected chi connectivity index (χ3v) is 6.78. The van der Waals surface area contributed by atoms with Crippen LogP contribution in [0.5, 0.6) is 5.75 Å². The van der Waals surface area contributed by atoms with Gasteiger partial charge in [0.05, 0.1) is 27.5 Å². The molecule has 4 aromatic rings. The normalized spacial score (nSPS) is 16.0. The van der Waals surface area contributed by atoms with Crippen LogP contribution in [0.2, 0.25) is 0 Å². The lowest BCUT2D eigenvalue weighted by atomic mass is 9.86. The summed E-state index contributed by atoms with van der Waals surface area (Å²) in [5.74, 6) is 1.35. The van der Waals surface area contributed by atoms with Gasteiger partial charge >= 0.3 is 0 Å². The maximum absolute atomic E-state index is 12.6. The average Bonchev–Trinajstić information content (AvgIpc) is 3.28. The van der Waals surface area contributed by atoms with Crippen molar-refractivity contribution in [1.29, 1.82) is 0 Å². The number of thiazole rings is 1. The zero-order valence-electron chi connectivity index (χ0n) is 15.8. The van der Waals surface area contributed by atoms with Crippen LogP contribution in [0.15, 0.2) is 46.9 Å². The number of halogens is 1. The maximum Gasteiger partial charge on any atom is 0.226 e. The minimum atomic E-state index is -0.0796. The molecule has 1 aliphatic rings. The predicted octanol–water partition coefficient (Wildman–Crippen LogP) is 5.04. The first-order valence-corrected chi connectivity index (χ1v) is 10.7. The predicted molar refractivity (Wildman–Crippen MR) is 117 cm³/mol. The van der Waals surface area contributed by atoms with E-state index in [9.17, 15) is 4.79 Å². The summed E-state index contributed by atoms with van der Waals surface area (Å²) in [4.78, 5) is 17.3. The molecule has 8 heteroatoms. The molecule has 146 valence electrons. The number of methoxy groups -OCH3 is 1. The second kappa shape index (κ2) is 6.96. The number of carbonyl (C=O) groups is 1. The number of hydrogen-bond donors (Lipinski definition) is 1. The van der Waals surface area contributed by atoms with Crippen LogP contribution in [0.3, 0.4) is 0 Å². The van der Waals surface area contributed by atoms with Crippen LogP contribution in [0.25, 0.3) is 15.3 Å². The van der Waals surface area contributed by atoms with Gasteiger partial charge in [0.15, 0.2) is 0 Å². The summed E-state index contributed by atoms with van der Waals surface area (Å²) in [6.07, 6.45) is 0.373. The highest BCUT2D eigenvalue weighted by Crippen LogP contribution is 2.42. The smallest absolute Gasteiger partial charge is 0.226 e. The minimum Gasteiger partial charge on any atom is -0.496 e. The summed E-state index contributed by atoms with van der Waals surface area (Å²) in [7, 11) is 1.64. The van der Waals surface area contributed by atoms with E-state index >= 15 is 0 Å². The number of hydrogen-bond acceptors (Lipinski definition) is 5. The van der Waals surface area contributed by atoms with Crippen molar-refractivity contribution >= 4 is 49.2 Å². The lowest BCUT2D eigenvalue weighted by molar-refractivity contribution is -0.116. The van der Waals surface area contributed by atoms with E-state index in [1.165, 1.54) is 0 Å². The quantitative estimate of drug-likeness (QED) is 0.457. The van der Waals surface area contributed by atoms with Crippen molar-refractivity contribution in [1.82, 2.24) is 14.8 Å². The number of para-hydroxylation sites is 1. The molecule has 0 saturated carbocycles. The topological polar surface area (TPSA) is 69.0 Å². The third-order valence-electron chi connectivity index (χ3n) is 5.14. The lowest BCUT2D eigenvalue weighted by Crippen LogP contribution is -2.25. The van der Waals surface area contributed by atoms with Crippen LogP contribution >= 0.6 is 27.3 Å². The van der Waals surface area contributed by atoms with Gasteiger partial charge in [0, 0.05) is 17.9 Å². The van der Waals surface area contributed by atoms with Gasteiger partial charge < -0.3 is 10.1 Å². The Bertz CT molecular complexity index is 1230. The molecule has 1 aliphatic heterocycles. The summed E-state index contributed by atoms with van der Waals surface area (Å²) in [6.45, 7) is 1.98. The summed E-state index contributed by atoms with van der Waals surface area (Å²) in [5, 5.41) is 8.50. The highest BCUT2D eigenvalue weighted by atomic mass is 79.9. The van der Waals surface area contributed by atoms with E-state index in [1.54, 1.807) is 23.1 Å². The molecular weight excluding hydrogens is 452 g/mol. The molecule has 6 nitrogen and oxygen atoms in total. The molecule has 0 aliphatic carbocycles. The van der Waals surface area contributed by atoms with Crippen LogP contribution < -0.4 is 10.1 Å². The molecule has 0 fully saturated rings. The lowest BCUT2D eigenvalue weighted by Gasteiger charge is -2.24. The maximum atomic E-state index is 12.6. The molecule has 1 unspecified atom stereocenters. The summed E-state index contributed by atoms with van der Waals surface area (Å²) >= 11 is 5.11. The Morgan fingerprint density at radius 2 is 2.10 bits per heavy atom. The van der Waals surface area contributed by atoms with Crippen LogP contribution in [0.1, 0.15) is 29.2 Å². The zero-order valence-corrected chi connectivity index (χ0v) is 18.2. The van der Waals surface area contributed by atoms with Crippen LogP contribution in [-0.2, 0) is 4.79 Å². The van der Waals surface area contributed by atoms with Crippen LogP contribution in [-0.4, -0.2) is 27.8 Å². The Morgan fingerprint density at radius 3 is 2.86 bits per heavy atom. The Labute approximate surface area is 179 Å². The molecule has 5 rings (SSSR count). The SMILES string of the molecule is COc1ccc(C2CC(=O)Nc3c2c(C)nn3-c2nc3ccccc3s2)cc1Br. The van der Waals surface area contributed by atoms with E-state index in [1.807, 2.05) is 49.4 Å². The van der Waals surface area contributed by atoms with E-state index in [-0.39, 0.29) is 11.8 Å². The van der Waals surface area contributed by atoms with Crippen molar-refractivity contribution in [2.45, 2.75) is 19.3 Å². The second-order valence-electron chi connectivity index (χ2n) is 6.92. The van der Waals surface area contributed by atoms with Gasteiger partial charge in [0.1, 0.15) is 11.6 Å². The fourth-order valence-corrected chi connectivity index (χ4v) is 5.30. The van der Waals surface area contributed by atoms with Gasteiger partial charge in [-0.2, -0.15) is 9.78 Å². The molecule has 1 N–H and O–H groups in total. The number of fused-ring (bicyclic) bond motifs is 2. The standard InChI is InChI=1S/C21H17BrN4O2S/c1-11-19-13(12-7-8-16(28-2)14(22)9-12)10-18(27)24-20(19)26(25-11)21-23-15-5-3-4-6-17(15)29-21/h3-9,13H,10H2,1-2H3,(H,24,27). The number of anilines is 1. The zero-order chi connectivity index (χ0) is 20.1. The number of nitrogens with one attached hydrogen (secondary N) is 1. The molecule has 3 heterocycles. The van der Waals surface area contributed by atoms with Gasteiger partial charge in [-0.1, -0.05) is 29.5 Å². The Morgan fingerprint density at radius 1 is 1.28 bits per heavy atom. The fraction of sp³-hybridized carbons (Fsp3) is 0.190. The first-order valence-electron chi connectivity index (χ1n) is 9.14. The largest absolute Gasteiger partial charge is 0.496 e. The Hall–Kier alpha value is -2.71. The monoisotopic (exact) mass is 468 g/mol. The van der Waals surface area contributed by atoms with Crippen molar-refractivity contribution < 1.29 is 9.53 Å². The molecule has 2 aromatic carbocycles. The van der Waals surface area contributed by atoms with Gasteiger partial charge in [0.25, 0.3) is 0 Å². The van der Waals surface area contributed by atoms with Crippen molar-refractivity contribution in [2.75, 3.05) is 12.4 Å². The first-order chi connectivity index (χ1) is 14.0. The number of amides is 1. The summed E-state index contributed by atoms with van der Waals surface area (Å²) in [5.41, 5.74) is 3.88. The highest BCUT2D eigenvalue weighted by molar-refractivity contribution is 9.10. The number of aryl methyl sites for hydroxylation is 1. The number of aromatic nitrogens is 3. The van der Waals surface area contributed by atoms with Gasteiger partial charge in [-0.3, -0.25) is 4.79 Å². The Balaban J connectivity index is 1.65. The second-order valence-corrected chi connectivity index (χ2v) is 8.79. The molecule has 0 bridgehead atoms. The summed E-state index contributed by atoms with van der Waals surface area (Å²) in [6, 6.07) is 13.9. The number of carbonyl (C=O) groups excluding carboxylic acids is 1. The molecule has 29 heavy (non-hydrogen) atoms. The Kier molecular flexibility index (Phi) is 4.40. The van der Waals surface area contributed by atoms with E-state index < -0.39 is 0 Å². The molecule has 1 atom stereocenters. The minimum absolute atomic E-state index is 0.0308. The van der Waals surface area contributed by atoms with E-state index in [4.69, 9.17) is 14.8 Å². The van der Waals surface area contributed by atoms with Gasteiger partial charge in [-0.15, -0.1) is 0 Å². The van der Waals surface area contributed by atoms with E-state index in [2.05, 4.69) is 21.2 Å². The number of benzene rings is 2. The van der Waals surface area contributed by atoms with E-state index in [0.717, 1.165) is 42.4 Å². The molecule has 0 spiro atoms. The average molecular weight is 469 g/mol. The van der Waals surface area contributed by atoms with E-state index in [0.29, 0.717) is 12.2 Å². The highest BCUT2D eigenvalue weighted by Gasteiger charge is 2.33. The number of rotatable bonds is 3. The van der Waals surface area contributed by atoms with Gasteiger partial charge in [-0.25, -0.2) is 4.98 Å². The number of ether oxygens (including phenoxy) is 1. The van der Waals surface area contributed by atoms with Crippen molar-refractivity contribution in [3.05, 3.63) is 63.8 Å². The van der Waals surface area contributed by atoms with Crippen LogP contribution in [0, 0.1) is 6.92 Å². The van der Waals surface area contributed by atoms with Crippen molar-refractivity contribution in [3.8, 4) is 10.9 Å². The number of nitrogens with zero attached hydrogens (tertiary/aromatic N) is 3. The molecule has 1 amide bonds. The first kappa shape index (κ1) is 18.3. The fourth-order valence-electron chi connectivity index (χ4n) is 3.82. The molecule has 0 saturated heterocycles. The van der Waals surface area contributed by atoms with Crippen molar-refractivity contribution in [2.24, 2.45) is 0 Å². The molecular formula is C21H17BrN4O2S. The van der Waals surface area contributed by atoms with Crippen molar-refractivity contribution in [3.63, 3.8) is 0 Å². The molecule has 0 radical (unpaired) electrons. The third kappa shape index (κ3) is 3.03. The molecule has 2 aromatic heterocycles. The van der Waals surface area contributed by atoms with Gasteiger partial charge in [0.2, 0.25) is 11.0 Å². The summed E-state index contributed by atoms with van der Waals surface area (Å²) < 4.78 is 9.05.